The van der Waals surface area contributed by atoms with Crippen molar-refractivity contribution in [3.8, 4) is 0 Å². The van der Waals surface area contributed by atoms with Crippen molar-refractivity contribution in [3.63, 3.8) is 0 Å². The smallest absolute Gasteiger partial charge is 0.330 e. The summed E-state index contributed by atoms with van der Waals surface area (Å²) in [6.07, 6.45) is 23.4. The number of aromatic amines is 2. The maximum Gasteiger partial charge on any atom is 0.330 e. The van der Waals surface area contributed by atoms with Crippen LogP contribution in [0.4, 0.5) is 5.95 Å². The van der Waals surface area contributed by atoms with Crippen molar-refractivity contribution in [3.05, 3.63) is 22.1 Å². The number of hydrogen-bond acceptors (Lipinski definition) is 9. The summed E-state index contributed by atoms with van der Waals surface area (Å²) < 4.78 is 24.6. The Hall–Kier alpha value is -1.75. The lowest BCUT2D eigenvalue weighted by atomic mass is 10.0. The lowest BCUT2D eigenvalue weighted by Gasteiger charge is -2.21. The van der Waals surface area contributed by atoms with Gasteiger partial charge in [-0.1, -0.05) is 96.3 Å². The molecule has 11 nitrogen and oxygen atoms in total. The summed E-state index contributed by atoms with van der Waals surface area (Å²) in [7, 11) is -3.25. The fourth-order valence-corrected chi connectivity index (χ4v) is 7.24. The number of anilines is 1. The summed E-state index contributed by atoms with van der Waals surface area (Å²) in [4.78, 5) is 21.6. The van der Waals surface area contributed by atoms with Crippen molar-refractivity contribution in [2.75, 3.05) is 38.3 Å². The zero-order chi connectivity index (χ0) is 31.9. The lowest BCUT2D eigenvalue weighted by Crippen LogP contribution is -2.33. The molecular formula is C32H60N5O6P. The van der Waals surface area contributed by atoms with E-state index in [4.69, 9.17) is 19.9 Å². The number of rotatable bonds is 29. The second-order valence-corrected chi connectivity index (χ2v) is 14.0. The van der Waals surface area contributed by atoms with Crippen LogP contribution in [-0.2, 0) is 20.2 Å². The maximum atomic E-state index is 13.3. The van der Waals surface area contributed by atoms with Gasteiger partial charge < -0.3 is 35.3 Å². The van der Waals surface area contributed by atoms with E-state index < -0.39 is 7.60 Å². The minimum absolute atomic E-state index is 0.0437. The Bertz CT molecular complexity index is 1110. The molecule has 0 saturated heterocycles. The Balaban J connectivity index is 1.51. The van der Waals surface area contributed by atoms with Crippen LogP contribution in [0.3, 0.4) is 0 Å². The molecule has 0 aliphatic carbocycles. The van der Waals surface area contributed by atoms with Crippen molar-refractivity contribution in [2.24, 2.45) is 0 Å². The van der Waals surface area contributed by atoms with Gasteiger partial charge in [0.2, 0.25) is 5.95 Å². The summed E-state index contributed by atoms with van der Waals surface area (Å²) in [5.41, 5.74) is 6.93. The van der Waals surface area contributed by atoms with Crippen molar-refractivity contribution < 1.29 is 23.8 Å². The predicted molar refractivity (Wildman–Crippen MR) is 179 cm³/mol. The standard InChI is InChI=1S/C32H60N5O6P/c1-2-42-44(41,23-20-28(26-39)34-24-27-25-35-30-29(27)36-32(33)37-31(30)40)43-22-19-17-15-13-11-9-7-5-3-4-6-8-10-12-14-16-18-21-38/h25,28,34-35,38-39H,2-24,26H2,1H3,(H3,33,36,37,40)/t28-,44?/m0/s1. The number of H-pyrrole nitrogens is 2. The maximum absolute atomic E-state index is 13.3. The van der Waals surface area contributed by atoms with E-state index >= 15 is 0 Å². The second kappa shape index (κ2) is 23.6. The number of aliphatic hydroxyl groups is 2. The van der Waals surface area contributed by atoms with Crippen LogP contribution >= 0.6 is 7.60 Å². The number of nitrogens with one attached hydrogen (secondary N) is 3. The highest BCUT2D eigenvalue weighted by Crippen LogP contribution is 2.49. The fourth-order valence-electron chi connectivity index (χ4n) is 5.48. The first kappa shape index (κ1) is 38.4. The molecule has 44 heavy (non-hydrogen) atoms. The average molecular weight is 642 g/mol. The summed E-state index contributed by atoms with van der Waals surface area (Å²) in [5, 5.41) is 21.9. The van der Waals surface area contributed by atoms with Gasteiger partial charge in [-0.2, -0.15) is 0 Å². The molecule has 12 heteroatoms. The summed E-state index contributed by atoms with van der Waals surface area (Å²) >= 11 is 0. The molecule has 0 aliphatic rings. The molecule has 0 fully saturated rings. The highest BCUT2D eigenvalue weighted by atomic mass is 31.2. The number of aromatic nitrogens is 3. The van der Waals surface area contributed by atoms with Crippen molar-refractivity contribution >= 4 is 24.6 Å². The average Bonchev–Trinajstić information content (AvgIpc) is 3.41. The van der Waals surface area contributed by atoms with Gasteiger partial charge in [0.25, 0.3) is 5.56 Å². The molecule has 0 spiro atoms. The number of unbranched alkanes of at least 4 members (excludes halogenated alkanes) is 16. The van der Waals surface area contributed by atoms with E-state index in [1.54, 1.807) is 13.1 Å². The van der Waals surface area contributed by atoms with Crippen molar-refractivity contribution in [2.45, 2.75) is 135 Å². The van der Waals surface area contributed by atoms with Crippen LogP contribution in [0.1, 0.15) is 128 Å². The normalized spacial score (nSPS) is 13.9. The van der Waals surface area contributed by atoms with Gasteiger partial charge in [0, 0.05) is 31.0 Å². The third kappa shape index (κ3) is 16.0. The van der Waals surface area contributed by atoms with Crippen LogP contribution in [0, 0.1) is 0 Å². The lowest BCUT2D eigenvalue weighted by molar-refractivity contribution is 0.201. The molecule has 2 atom stereocenters. The summed E-state index contributed by atoms with van der Waals surface area (Å²) in [5.74, 6) is 0.0437. The van der Waals surface area contributed by atoms with Crippen LogP contribution in [0.5, 0.6) is 0 Å². The van der Waals surface area contributed by atoms with Gasteiger partial charge in [0.05, 0.1) is 26.0 Å². The second-order valence-electron chi connectivity index (χ2n) is 11.9. The quantitative estimate of drug-likeness (QED) is 0.0425. The Morgan fingerprint density at radius 1 is 0.886 bits per heavy atom. The van der Waals surface area contributed by atoms with Gasteiger partial charge in [0.15, 0.2) is 0 Å². The predicted octanol–water partition coefficient (Wildman–Crippen LogP) is 6.54. The fraction of sp³-hybridized carbons (Fsp3) is 0.812. The summed E-state index contributed by atoms with van der Waals surface area (Å²) in [6, 6.07) is -0.324. The van der Waals surface area contributed by atoms with Crippen LogP contribution in [-0.4, -0.2) is 63.8 Å². The molecule has 0 aromatic carbocycles. The molecule has 7 N–H and O–H groups in total. The number of nitrogens with two attached hydrogens (primary N) is 1. The van der Waals surface area contributed by atoms with E-state index in [9.17, 15) is 14.5 Å². The number of aliphatic hydroxyl groups excluding tert-OH is 2. The largest absolute Gasteiger partial charge is 0.396 e. The first-order chi connectivity index (χ1) is 21.4. The van der Waals surface area contributed by atoms with Crippen molar-refractivity contribution in [1.82, 2.24) is 20.3 Å². The Morgan fingerprint density at radius 2 is 1.43 bits per heavy atom. The Morgan fingerprint density at radius 3 is 1.95 bits per heavy atom. The minimum atomic E-state index is -3.25. The highest BCUT2D eigenvalue weighted by Gasteiger charge is 2.25. The van der Waals surface area contributed by atoms with E-state index in [2.05, 4.69) is 20.3 Å². The van der Waals surface area contributed by atoms with E-state index in [0.717, 1.165) is 31.2 Å². The minimum Gasteiger partial charge on any atom is -0.396 e. The monoisotopic (exact) mass is 641 g/mol. The van der Waals surface area contributed by atoms with E-state index in [-0.39, 0.29) is 30.3 Å². The molecule has 2 heterocycles. The van der Waals surface area contributed by atoms with Gasteiger partial charge in [-0.15, -0.1) is 0 Å². The third-order valence-corrected chi connectivity index (χ3v) is 10.1. The van der Waals surface area contributed by atoms with Crippen LogP contribution < -0.4 is 16.6 Å². The van der Waals surface area contributed by atoms with Crippen LogP contribution in [0.15, 0.2) is 11.0 Å². The van der Waals surface area contributed by atoms with Crippen molar-refractivity contribution in [1.29, 1.82) is 0 Å². The topological polar surface area (TPSA) is 176 Å². The van der Waals surface area contributed by atoms with E-state index in [0.29, 0.717) is 43.8 Å². The molecule has 2 aromatic rings. The number of nitrogen functional groups attached to an aromatic ring is 1. The Labute approximate surface area is 264 Å². The zero-order valence-corrected chi connectivity index (χ0v) is 28.0. The molecule has 0 amide bonds. The Kier molecular flexibility index (Phi) is 20.6. The number of hydrogen-bond donors (Lipinski definition) is 6. The molecule has 0 radical (unpaired) electrons. The molecule has 1 unspecified atom stereocenters. The zero-order valence-electron chi connectivity index (χ0n) is 27.1. The van der Waals surface area contributed by atoms with Crippen LogP contribution in [0.25, 0.3) is 11.0 Å². The highest BCUT2D eigenvalue weighted by molar-refractivity contribution is 7.53. The number of fused-ring (bicyclic) bond motifs is 1. The number of nitrogens with zero attached hydrogens (tertiary/aromatic N) is 1. The first-order valence-electron chi connectivity index (χ1n) is 17.1. The molecule has 0 saturated carbocycles. The molecule has 0 bridgehead atoms. The molecular weight excluding hydrogens is 581 g/mol. The molecule has 2 rings (SSSR count). The molecule has 2 aromatic heterocycles. The van der Waals surface area contributed by atoms with Gasteiger partial charge in [0.1, 0.15) is 11.0 Å². The third-order valence-electron chi connectivity index (χ3n) is 8.10. The van der Waals surface area contributed by atoms with Crippen LogP contribution in [0.2, 0.25) is 0 Å². The van der Waals surface area contributed by atoms with Gasteiger partial charge in [-0.25, -0.2) is 4.98 Å². The SMILES string of the molecule is CCOP(=O)(CC[C@@H](CO)NCc1c[nH]c2c(=O)[nH]c(N)nc12)OCCCCCCCCCCCCCCCCCCCO. The van der Waals surface area contributed by atoms with E-state index in [1.807, 2.05) is 0 Å². The first-order valence-corrected chi connectivity index (χ1v) is 18.8. The van der Waals surface area contributed by atoms with Gasteiger partial charge in [-0.05, 0) is 26.2 Å². The van der Waals surface area contributed by atoms with E-state index in [1.165, 1.54) is 83.5 Å². The summed E-state index contributed by atoms with van der Waals surface area (Å²) in [6.45, 7) is 3.07. The molecule has 0 aliphatic heterocycles. The van der Waals surface area contributed by atoms with Gasteiger partial charge >= 0.3 is 7.60 Å². The molecule has 254 valence electrons. The van der Waals surface area contributed by atoms with Gasteiger partial charge in [-0.3, -0.25) is 14.3 Å².